The molecule has 0 bridgehead atoms. The molecule has 1 rings (SSSR count). The molecule has 0 radical (unpaired) electrons. The molecule has 0 saturated heterocycles. The zero-order chi connectivity index (χ0) is 14.3. The van der Waals surface area contributed by atoms with Crippen molar-refractivity contribution in [3.05, 3.63) is 22.2 Å². The van der Waals surface area contributed by atoms with Crippen LogP contribution in [-0.4, -0.2) is 32.0 Å². The molecule has 0 saturated carbocycles. The molecule has 0 aliphatic heterocycles. The maximum atomic E-state index is 8.98. The fourth-order valence-corrected chi connectivity index (χ4v) is 2.35. The summed E-state index contributed by atoms with van der Waals surface area (Å²) in [6.07, 6.45) is 1.76. The molecule has 0 fully saturated rings. The topological polar surface area (TPSA) is 50.7 Å². The Labute approximate surface area is 123 Å². The molecule has 0 amide bonds. The van der Waals surface area contributed by atoms with Crippen LogP contribution in [0.1, 0.15) is 25.3 Å². The van der Waals surface area contributed by atoms with Crippen LogP contribution in [0.3, 0.4) is 0 Å². The van der Waals surface area contributed by atoms with Crippen LogP contribution >= 0.6 is 15.9 Å². The molecule has 0 aromatic heterocycles. The van der Waals surface area contributed by atoms with Crippen molar-refractivity contribution in [3.63, 3.8) is 0 Å². The molecular formula is C14H22BrNO3. The molecule has 0 aliphatic carbocycles. The molecule has 2 N–H and O–H groups in total. The van der Waals surface area contributed by atoms with E-state index in [0.29, 0.717) is 11.8 Å². The number of hydrogen-bond acceptors (Lipinski definition) is 4. The lowest BCUT2D eigenvalue weighted by molar-refractivity contribution is 0.262. The Morgan fingerprint density at radius 3 is 2.42 bits per heavy atom. The van der Waals surface area contributed by atoms with Gasteiger partial charge in [-0.2, -0.15) is 0 Å². The predicted octanol–water partition coefficient (Wildman–Crippen LogP) is 2.72. The summed E-state index contributed by atoms with van der Waals surface area (Å²) >= 11 is 3.54. The second kappa shape index (κ2) is 8.40. The van der Waals surface area contributed by atoms with Gasteiger partial charge in [-0.1, -0.05) is 22.9 Å². The summed E-state index contributed by atoms with van der Waals surface area (Å²) < 4.78 is 11.5. The highest BCUT2D eigenvalue weighted by atomic mass is 79.9. The van der Waals surface area contributed by atoms with Gasteiger partial charge in [-0.15, -0.1) is 0 Å². The van der Waals surface area contributed by atoms with E-state index in [9.17, 15) is 0 Å². The lowest BCUT2D eigenvalue weighted by atomic mass is 10.1. The van der Waals surface area contributed by atoms with Crippen LogP contribution in [-0.2, 0) is 6.54 Å². The van der Waals surface area contributed by atoms with Crippen LogP contribution in [0.15, 0.2) is 16.6 Å². The van der Waals surface area contributed by atoms with Gasteiger partial charge in [0.2, 0.25) is 0 Å². The average molecular weight is 332 g/mol. The first-order valence-corrected chi connectivity index (χ1v) is 7.20. The standard InChI is InChI=1S/C14H22BrNO3/c1-4-11(5-6-17)16-9-10-7-13(18-2)14(19-3)8-12(10)15/h7-8,11,16-17H,4-6,9H2,1-3H3. The lowest BCUT2D eigenvalue weighted by Gasteiger charge is -2.17. The smallest absolute Gasteiger partial charge is 0.161 e. The molecule has 1 atom stereocenters. The number of nitrogens with one attached hydrogen (secondary N) is 1. The maximum absolute atomic E-state index is 8.98. The van der Waals surface area contributed by atoms with Crippen molar-refractivity contribution < 1.29 is 14.6 Å². The van der Waals surface area contributed by atoms with E-state index in [0.717, 1.165) is 35.2 Å². The molecule has 108 valence electrons. The molecule has 0 aliphatic rings. The summed E-state index contributed by atoms with van der Waals surface area (Å²) in [4.78, 5) is 0. The number of aliphatic hydroxyl groups excluding tert-OH is 1. The highest BCUT2D eigenvalue weighted by Crippen LogP contribution is 2.33. The van der Waals surface area contributed by atoms with Crippen LogP contribution < -0.4 is 14.8 Å². The van der Waals surface area contributed by atoms with E-state index in [1.54, 1.807) is 14.2 Å². The third kappa shape index (κ3) is 4.67. The summed E-state index contributed by atoms with van der Waals surface area (Å²) in [5.74, 6) is 1.43. The van der Waals surface area contributed by atoms with Gasteiger partial charge in [0.1, 0.15) is 0 Å². The highest BCUT2D eigenvalue weighted by molar-refractivity contribution is 9.10. The summed E-state index contributed by atoms with van der Waals surface area (Å²) in [6.45, 7) is 3.04. The van der Waals surface area contributed by atoms with Gasteiger partial charge in [-0.05, 0) is 30.5 Å². The summed E-state index contributed by atoms with van der Waals surface area (Å²) in [7, 11) is 3.25. The van der Waals surface area contributed by atoms with Crippen LogP contribution in [0.4, 0.5) is 0 Å². The number of hydrogen-bond donors (Lipinski definition) is 2. The maximum Gasteiger partial charge on any atom is 0.161 e. The van der Waals surface area contributed by atoms with Gasteiger partial charge >= 0.3 is 0 Å². The molecule has 4 nitrogen and oxygen atoms in total. The van der Waals surface area contributed by atoms with Crippen LogP contribution in [0.5, 0.6) is 11.5 Å². The van der Waals surface area contributed by atoms with Gasteiger partial charge in [-0.3, -0.25) is 0 Å². The highest BCUT2D eigenvalue weighted by Gasteiger charge is 2.11. The Morgan fingerprint density at radius 1 is 1.26 bits per heavy atom. The second-order valence-electron chi connectivity index (χ2n) is 4.30. The Morgan fingerprint density at radius 2 is 1.89 bits per heavy atom. The van der Waals surface area contributed by atoms with Crippen LogP contribution in [0.2, 0.25) is 0 Å². The van der Waals surface area contributed by atoms with E-state index >= 15 is 0 Å². The van der Waals surface area contributed by atoms with Gasteiger partial charge in [0.15, 0.2) is 11.5 Å². The summed E-state index contributed by atoms with van der Waals surface area (Å²) in [5, 5.41) is 12.4. The number of benzene rings is 1. The molecule has 1 unspecified atom stereocenters. The van der Waals surface area contributed by atoms with Gasteiger partial charge in [0, 0.05) is 23.7 Å². The second-order valence-corrected chi connectivity index (χ2v) is 5.15. The third-order valence-corrected chi connectivity index (χ3v) is 3.84. The van der Waals surface area contributed by atoms with E-state index in [2.05, 4.69) is 28.2 Å². The van der Waals surface area contributed by atoms with Gasteiger partial charge in [0.25, 0.3) is 0 Å². The van der Waals surface area contributed by atoms with Crippen molar-refractivity contribution in [2.45, 2.75) is 32.4 Å². The molecule has 1 aromatic carbocycles. The first-order chi connectivity index (χ1) is 9.15. The Kier molecular flexibility index (Phi) is 7.20. The van der Waals surface area contributed by atoms with Crippen molar-refractivity contribution in [1.82, 2.24) is 5.32 Å². The Hall–Kier alpha value is -0.780. The first-order valence-electron chi connectivity index (χ1n) is 6.40. The fourth-order valence-electron chi connectivity index (χ4n) is 1.89. The molecular weight excluding hydrogens is 310 g/mol. The van der Waals surface area contributed by atoms with Gasteiger partial charge < -0.3 is 19.9 Å². The molecule has 0 heterocycles. The largest absolute Gasteiger partial charge is 0.493 e. The van der Waals surface area contributed by atoms with E-state index in [-0.39, 0.29) is 6.61 Å². The average Bonchev–Trinajstić information content (AvgIpc) is 2.44. The number of halogens is 1. The monoisotopic (exact) mass is 331 g/mol. The minimum atomic E-state index is 0.207. The fraction of sp³-hybridized carbons (Fsp3) is 0.571. The molecule has 0 spiro atoms. The SMILES string of the molecule is CCC(CCO)NCc1cc(OC)c(OC)cc1Br. The van der Waals surface area contributed by atoms with Crippen LogP contribution in [0, 0.1) is 0 Å². The van der Waals surface area contributed by atoms with E-state index < -0.39 is 0 Å². The normalized spacial score (nSPS) is 12.3. The number of aliphatic hydroxyl groups is 1. The first kappa shape index (κ1) is 16.3. The molecule has 5 heteroatoms. The molecule has 19 heavy (non-hydrogen) atoms. The number of methoxy groups -OCH3 is 2. The van der Waals surface area contributed by atoms with Crippen molar-refractivity contribution >= 4 is 15.9 Å². The summed E-state index contributed by atoms with van der Waals surface area (Å²) in [6, 6.07) is 4.19. The van der Waals surface area contributed by atoms with E-state index in [1.807, 2.05) is 12.1 Å². The van der Waals surface area contributed by atoms with Gasteiger partial charge in [0.05, 0.1) is 14.2 Å². The van der Waals surface area contributed by atoms with Crippen molar-refractivity contribution in [2.75, 3.05) is 20.8 Å². The third-order valence-electron chi connectivity index (χ3n) is 3.10. The summed E-state index contributed by atoms with van der Waals surface area (Å²) in [5.41, 5.74) is 1.11. The minimum Gasteiger partial charge on any atom is -0.493 e. The van der Waals surface area contributed by atoms with Crippen molar-refractivity contribution in [2.24, 2.45) is 0 Å². The van der Waals surface area contributed by atoms with E-state index in [4.69, 9.17) is 14.6 Å². The van der Waals surface area contributed by atoms with E-state index in [1.165, 1.54) is 0 Å². The minimum absolute atomic E-state index is 0.207. The zero-order valence-corrected chi connectivity index (χ0v) is 13.3. The van der Waals surface area contributed by atoms with Crippen LogP contribution in [0.25, 0.3) is 0 Å². The number of ether oxygens (including phenoxy) is 2. The molecule has 1 aromatic rings. The van der Waals surface area contributed by atoms with Crippen molar-refractivity contribution in [1.29, 1.82) is 0 Å². The lowest BCUT2D eigenvalue weighted by Crippen LogP contribution is -2.29. The predicted molar refractivity (Wildman–Crippen MR) is 79.9 cm³/mol. The number of rotatable bonds is 8. The Balaban J connectivity index is 2.77. The Bertz CT molecular complexity index is 399. The van der Waals surface area contributed by atoms with Crippen molar-refractivity contribution in [3.8, 4) is 11.5 Å². The zero-order valence-electron chi connectivity index (χ0n) is 11.7. The van der Waals surface area contributed by atoms with Gasteiger partial charge in [-0.25, -0.2) is 0 Å². The quantitative estimate of drug-likeness (QED) is 0.769.